The molecule has 1 aromatic rings. The highest BCUT2D eigenvalue weighted by atomic mass is 35.5. The molecule has 94 valence electrons. The van der Waals surface area contributed by atoms with Crippen LogP contribution >= 0.6 is 23.4 Å². The van der Waals surface area contributed by atoms with Crippen LogP contribution in [0.4, 0.5) is 0 Å². The average molecular weight is 280 g/mol. The molecule has 5 heteroatoms. The molecule has 0 radical (unpaired) electrons. The maximum absolute atomic E-state index is 5.87. The average Bonchev–Trinajstić information content (AvgIpc) is 2.36. The molecular formula is C13H14ClN3S. The predicted molar refractivity (Wildman–Crippen MR) is 78.7 cm³/mol. The van der Waals surface area contributed by atoms with Gasteiger partial charge in [-0.2, -0.15) is 5.10 Å². The van der Waals surface area contributed by atoms with Crippen LogP contribution in [-0.4, -0.2) is 22.7 Å². The summed E-state index contributed by atoms with van der Waals surface area (Å²) in [6, 6.07) is 8.30. The van der Waals surface area contributed by atoms with Crippen molar-refractivity contribution in [2.24, 2.45) is 10.1 Å². The Morgan fingerprint density at radius 1 is 1.28 bits per heavy atom. The second kappa shape index (κ2) is 5.33. The van der Waals surface area contributed by atoms with Gasteiger partial charge in [0.05, 0.1) is 11.8 Å². The Morgan fingerprint density at radius 2 is 2.06 bits per heavy atom. The van der Waals surface area contributed by atoms with E-state index in [1.165, 1.54) is 19.3 Å². The van der Waals surface area contributed by atoms with Gasteiger partial charge in [-0.1, -0.05) is 35.5 Å². The first kappa shape index (κ1) is 12.1. The molecule has 1 aromatic carbocycles. The largest absolute Gasteiger partial charge is 0.258 e. The lowest BCUT2D eigenvalue weighted by molar-refractivity contribution is 0.420. The first-order valence-corrected chi connectivity index (χ1v) is 7.47. The highest BCUT2D eigenvalue weighted by Crippen LogP contribution is 2.24. The topological polar surface area (TPSA) is 36.8 Å². The van der Waals surface area contributed by atoms with Crippen LogP contribution in [0, 0.1) is 0 Å². The van der Waals surface area contributed by atoms with Crippen LogP contribution in [0.15, 0.2) is 34.4 Å². The lowest BCUT2D eigenvalue weighted by Gasteiger charge is -2.23. The number of hydrogen-bond acceptors (Lipinski definition) is 3. The molecular weight excluding hydrogens is 266 g/mol. The molecule has 0 bridgehead atoms. The molecule has 0 spiro atoms. The molecule has 1 aliphatic heterocycles. The van der Waals surface area contributed by atoms with Crippen molar-refractivity contribution in [2.75, 3.05) is 5.75 Å². The third-order valence-electron chi connectivity index (χ3n) is 3.18. The number of benzene rings is 1. The fourth-order valence-corrected chi connectivity index (χ4v) is 2.82. The summed E-state index contributed by atoms with van der Waals surface area (Å²) in [4.78, 5) is 4.62. The fraction of sp³-hybridized carbons (Fsp3) is 0.385. The van der Waals surface area contributed by atoms with Crippen molar-refractivity contribution < 1.29 is 0 Å². The number of nitrogens with zero attached hydrogens (tertiary/aromatic N) is 2. The smallest absolute Gasteiger partial charge is 0.177 e. The van der Waals surface area contributed by atoms with E-state index in [9.17, 15) is 0 Å². The number of amidine groups is 1. The van der Waals surface area contributed by atoms with Crippen molar-refractivity contribution in [3.8, 4) is 0 Å². The number of aliphatic imine (C=N–C) groups is 1. The maximum atomic E-state index is 5.87. The quantitative estimate of drug-likeness (QED) is 0.902. The highest BCUT2D eigenvalue weighted by Gasteiger charge is 2.19. The monoisotopic (exact) mass is 279 g/mol. The van der Waals surface area contributed by atoms with Crippen LogP contribution < -0.4 is 5.43 Å². The normalized spacial score (nSPS) is 22.3. The molecule has 0 amide bonds. The van der Waals surface area contributed by atoms with Crippen molar-refractivity contribution in [1.29, 1.82) is 0 Å². The molecule has 0 aromatic heterocycles. The minimum atomic E-state index is 0.521. The van der Waals surface area contributed by atoms with E-state index >= 15 is 0 Å². The summed E-state index contributed by atoms with van der Waals surface area (Å²) in [6.07, 6.45) is 3.75. The van der Waals surface area contributed by atoms with Gasteiger partial charge in [0.15, 0.2) is 5.17 Å². The van der Waals surface area contributed by atoms with Gasteiger partial charge in [0.2, 0.25) is 0 Å². The molecule has 3 nitrogen and oxygen atoms in total. The van der Waals surface area contributed by atoms with E-state index in [0.29, 0.717) is 6.04 Å². The van der Waals surface area contributed by atoms with Crippen LogP contribution in [0.5, 0.6) is 0 Å². The molecule has 1 aliphatic carbocycles. The summed E-state index contributed by atoms with van der Waals surface area (Å²) < 4.78 is 0. The first-order valence-electron chi connectivity index (χ1n) is 6.10. The predicted octanol–water partition coefficient (Wildman–Crippen LogP) is 3.29. The van der Waals surface area contributed by atoms with Crippen molar-refractivity contribution >= 4 is 34.2 Å². The van der Waals surface area contributed by atoms with Crippen molar-refractivity contribution in [2.45, 2.75) is 25.3 Å². The van der Waals surface area contributed by atoms with Crippen molar-refractivity contribution in [3.63, 3.8) is 0 Å². The molecule has 2 aliphatic rings. The molecule has 0 atom stereocenters. The third kappa shape index (κ3) is 2.70. The zero-order chi connectivity index (χ0) is 12.4. The SMILES string of the molecule is Clc1ccc(C2=NNC(=NC3CCC3)SC2)cc1. The van der Waals surface area contributed by atoms with Gasteiger partial charge in [-0.15, -0.1) is 0 Å². The van der Waals surface area contributed by atoms with Crippen LogP contribution in [0.25, 0.3) is 0 Å². The number of halogens is 1. The van der Waals surface area contributed by atoms with Crippen molar-refractivity contribution in [3.05, 3.63) is 34.9 Å². The lowest BCUT2D eigenvalue weighted by atomic mass is 9.94. The van der Waals surface area contributed by atoms with E-state index in [0.717, 1.165) is 27.2 Å². The van der Waals surface area contributed by atoms with Crippen LogP contribution in [0.2, 0.25) is 5.02 Å². The number of thioether (sulfide) groups is 1. The third-order valence-corrected chi connectivity index (χ3v) is 4.32. The van der Waals surface area contributed by atoms with Gasteiger partial charge in [0.1, 0.15) is 0 Å². The van der Waals surface area contributed by atoms with E-state index in [2.05, 4.69) is 15.5 Å². The second-order valence-electron chi connectivity index (χ2n) is 4.48. The van der Waals surface area contributed by atoms with E-state index in [1.807, 2.05) is 24.3 Å². The lowest BCUT2D eigenvalue weighted by Crippen LogP contribution is -2.28. The number of nitrogens with one attached hydrogen (secondary N) is 1. The molecule has 3 rings (SSSR count). The summed E-state index contributed by atoms with van der Waals surface area (Å²) in [7, 11) is 0. The van der Waals surface area contributed by atoms with Crippen LogP contribution in [0.3, 0.4) is 0 Å². The zero-order valence-corrected chi connectivity index (χ0v) is 11.5. The number of rotatable bonds is 2. The Bertz CT molecular complexity index is 491. The fourth-order valence-electron chi connectivity index (χ4n) is 1.85. The Hall–Kier alpha value is -1.00. The Balaban J connectivity index is 1.69. The highest BCUT2D eigenvalue weighted by molar-refractivity contribution is 8.14. The van der Waals surface area contributed by atoms with E-state index in [4.69, 9.17) is 11.6 Å². The Kier molecular flexibility index (Phi) is 3.57. The standard InChI is InChI=1S/C13H14ClN3S/c14-10-6-4-9(5-7-10)12-8-18-13(17-16-12)15-11-2-1-3-11/h4-7,11H,1-3,8H2,(H,15,17). The summed E-state index contributed by atoms with van der Waals surface area (Å²) in [5.74, 6) is 0.861. The molecule has 18 heavy (non-hydrogen) atoms. The first-order chi connectivity index (χ1) is 8.81. The molecule has 1 saturated carbocycles. The summed E-state index contributed by atoms with van der Waals surface area (Å²) in [6.45, 7) is 0. The van der Waals surface area contributed by atoms with Crippen molar-refractivity contribution in [1.82, 2.24) is 5.43 Å². The van der Waals surface area contributed by atoms with Gasteiger partial charge >= 0.3 is 0 Å². The number of hydrogen-bond donors (Lipinski definition) is 1. The maximum Gasteiger partial charge on any atom is 0.177 e. The van der Waals surface area contributed by atoms with E-state index in [1.54, 1.807) is 11.8 Å². The van der Waals surface area contributed by atoms with Gasteiger partial charge < -0.3 is 0 Å². The zero-order valence-electron chi connectivity index (χ0n) is 9.90. The van der Waals surface area contributed by atoms with Gasteiger partial charge in [-0.25, -0.2) is 0 Å². The summed E-state index contributed by atoms with van der Waals surface area (Å²) in [5.41, 5.74) is 5.21. The minimum absolute atomic E-state index is 0.521. The second-order valence-corrected chi connectivity index (χ2v) is 5.89. The van der Waals surface area contributed by atoms with Crippen LogP contribution in [-0.2, 0) is 0 Å². The molecule has 0 unspecified atom stereocenters. The minimum Gasteiger partial charge on any atom is -0.258 e. The Morgan fingerprint density at radius 3 is 2.61 bits per heavy atom. The molecule has 1 fully saturated rings. The van der Waals surface area contributed by atoms with Gasteiger partial charge in [0, 0.05) is 10.8 Å². The molecule has 0 saturated heterocycles. The Labute approximate surface area is 116 Å². The summed E-state index contributed by atoms with van der Waals surface area (Å²) in [5, 5.41) is 6.10. The van der Waals surface area contributed by atoms with Gasteiger partial charge in [0.25, 0.3) is 0 Å². The van der Waals surface area contributed by atoms with Crippen LogP contribution in [0.1, 0.15) is 24.8 Å². The molecule has 1 heterocycles. The van der Waals surface area contributed by atoms with E-state index < -0.39 is 0 Å². The number of hydrazone groups is 1. The summed E-state index contributed by atoms with van der Waals surface area (Å²) >= 11 is 7.60. The van der Waals surface area contributed by atoms with Gasteiger partial charge in [-0.05, 0) is 37.0 Å². The van der Waals surface area contributed by atoms with Gasteiger partial charge in [-0.3, -0.25) is 10.4 Å². The molecule has 1 N–H and O–H groups in total. The van der Waals surface area contributed by atoms with E-state index in [-0.39, 0.29) is 0 Å².